The molecule has 0 aliphatic rings. The van der Waals surface area contributed by atoms with Crippen molar-refractivity contribution in [2.75, 3.05) is 7.05 Å². The molecule has 0 saturated heterocycles. The van der Waals surface area contributed by atoms with Crippen molar-refractivity contribution < 1.29 is 9.21 Å². The van der Waals surface area contributed by atoms with Gasteiger partial charge in [0, 0.05) is 19.3 Å². The molecular formula is C20H25IN6O2. The molecule has 0 saturated carbocycles. The molecule has 9 heteroatoms. The zero-order chi connectivity index (χ0) is 20.1. The Morgan fingerprint density at radius 2 is 1.90 bits per heavy atom. The predicted octanol–water partition coefficient (Wildman–Crippen LogP) is 2.66. The molecule has 0 radical (unpaired) electrons. The molecule has 3 rings (SSSR count). The number of guanidine groups is 1. The molecule has 2 aromatic heterocycles. The van der Waals surface area contributed by atoms with Crippen molar-refractivity contribution >= 4 is 35.8 Å². The SMILES string of the molecule is CN=C(NCc1ccc(C(N)=O)o1)NCc1ccccc1-n1nc(C)cc1C.I. The summed E-state index contributed by atoms with van der Waals surface area (Å²) < 4.78 is 7.30. The Hall–Kier alpha value is -2.82. The van der Waals surface area contributed by atoms with Gasteiger partial charge < -0.3 is 20.8 Å². The summed E-state index contributed by atoms with van der Waals surface area (Å²) in [4.78, 5) is 15.3. The summed E-state index contributed by atoms with van der Waals surface area (Å²) in [5, 5.41) is 11.0. The summed E-state index contributed by atoms with van der Waals surface area (Å²) in [7, 11) is 1.69. The van der Waals surface area contributed by atoms with Crippen LogP contribution in [0.25, 0.3) is 5.69 Å². The van der Waals surface area contributed by atoms with E-state index in [0.717, 1.165) is 22.6 Å². The van der Waals surface area contributed by atoms with E-state index in [9.17, 15) is 4.79 Å². The number of carbonyl (C=O) groups is 1. The second-order valence-corrected chi connectivity index (χ2v) is 6.38. The number of aromatic nitrogens is 2. The van der Waals surface area contributed by atoms with E-state index >= 15 is 0 Å². The van der Waals surface area contributed by atoms with Gasteiger partial charge >= 0.3 is 0 Å². The fourth-order valence-electron chi connectivity index (χ4n) is 2.92. The maximum atomic E-state index is 11.1. The highest BCUT2D eigenvalue weighted by atomic mass is 127. The van der Waals surface area contributed by atoms with Crippen molar-refractivity contribution in [3.8, 4) is 5.69 Å². The summed E-state index contributed by atoms with van der Waals surface area (Å²) in [6.07, 6.45) is 0. The molecule has 0 aliphatic heterocycles. The smallest absolute Gasteiger partial charge is 0.284 e. The van der Waals surface area contributed by atoms with E-state index in [2.05, 4.69) is 26.8 Å². The Labute approximate surface area is 186 Å². The average Bonchev–Trinajstić information content (AvgIpc) is 3.28. The summed E-state index contributed by atoms with van der Waals surface area (Å²) in [6, 6.07) is 13.4. The second kappa shape index (κ2) is 10.1. The lowest BCUT2D eigenvalue weighted by atomic mass is 10.1. The summed E-state index contributed by atoms with van der Waals surface area (Å²) >= 11 is 0. The van der Waals surface area contributed by atoms with Crippen molar-refractivity contribution in [1.82, 2.24) is 20.4 Å². The van der Waals surface area contributed by atoms with Gasteiger partial charge in [0.1, 0.15) is 5.76 Å². The Morgan fingerprint density at radius 3 is 2.52 bits per heavy atom. The molecule has 0 aliphatic carbocycles. The third-order valence-corrected chi connectivity index (χ3v) is 4.23. The normalized spacial score (nSPS) is 11.1. The topological polar surface area (TPSA) is 110 Å². The van der Waals surface area contributed by atoms with E-state index in [-0.39, 0.29) is 29.7 Å². The van der Waals surface area contributed by atoms with Crippen LogP contribution in [0.15, 0.2) is 51.9 Å². The molecule has 0 fully saturated rings. The number of halogens is 1. The number of aliphatic imine (C=N–C) groups is 1. The van der Waals surface area contributed by atoms with Gasteiger partial charge in [-0.3, -0.25) is 9.79 Å². The van der Waals surface area contributed by atoms with Crippen LogP contribution in [0.3, 0.4) is 0 Å². The van der Waals surface area contributed by atoms with Gasteiger partial charge in [0.25, 0.3) is 5.91 Å². The van der Waals surface area contributed by atoms with Crippen LogP contribution < -0.4 is 16.4 Å². The number of nitrogens with zero attached hydrogens (tertiary/aromatic N) is 3. The number of hydrogen-bond donors (Lipinski definition) is 3. The molecule has 154 valence electrons. The first-order chi connectivity index (χ1) is 13.5. The zero-order valence-corrected chi connectivity index (χ0v) is 18.9. The van der Waals surface area contributed by atoms with Crippen LogP contribution in [0, 0.1) is 13.8 Å². The lowest BCUT2D eigenvalue weighted by Gasteiger charge is -2.14. The van der Waals surface area contributed by atoms with Crippen LogP contribution in [-0.4, -0.2) is 28.7 Å². The maximum absolute atomic E-state index is 11.1. The number of hydrogen-bond acceptors (Lipinski definition) is 4. The van der Waals surface area contributed by atoms with Gasteiger partial charge in [-0.15, -0.1) is 24.0 Å². The zero-order valence-electron chi connectivity index (χ0n) is 16.6. The Bertz CT molecular complexity index is 1010. The quantitative estimate of drug-likeness (QED) is 0.270. The van der Waals surface area contributed by atoms with Crippen LogP contribution >= 0.6 is 24.0 Å². The highest BCUT2D eigenvalue weighted by Gasteiger charge is 2.10. The lowest BCUT2D eigenvalue weighted by molar-refractivity contribution is 0.0972. The second-order valence-electron chi connectivity index (χ2n) is 6.38. The van der Waals surface area contributed by atoms with Gasteiger partial charge in [0.15, 0.2) is 11.7 Å². The monoisotopic (exact) mass is 508 g/mol. The molecule has 1 aromatic carbocycles. The average molecular weight is 508 g/mol. The fourth-order valence-corrected chi connectivity index (χ4v) is 2.92. The standard InChI is InChI=1S/C20H24N6O2.HI/c1-13-10-14(2)26(25-13)17-7-5-4-6-15(17)11-23-20(22-3)24-12-16-8-9-18(28-16)19(21)27;/h4-10H,11-12H2,1-3H3,(H2,21,27)(H2,22,23,24);1H. The Balaban J connectivity index is 0.00000300. The number of nitrogens with two attached hydrogens (primary N) is 1. The van der Waals surface area contributed by atoms with E-state index in [0.29, 0.717) is 24.8 Å². The minimum absolute atomic E-state index is 0. The van der Waals surface area contributed by atoms with E-state index < -0.39 is 5.91 Å². The van der Waals surface area contributed by atoms with Gasteiger partial charge in [0.2, 0.25) is 0 Å². The third kappa shape index (κ3) is 5.59. The molecule has 4 N–H and O–H groups in total. The number of nitrogens with one attached hydrogen (secondary N) is 2. The predicted molar refractivity (Wildman–Crippen MR) is 123 cm³/mol. The molecule has 0 spiro atoms. The van der Waals surface area contributed by atoms with Gasteiger partial charge in [-0.25, -0.2) is 4.68 Å². The first kappa shape index (κ1) is 22.5. The molecule has 8 nitrogen and oxygen atoms in total. The molecule has 29 heavy (non-hydrogen) atoms. The van der Waals surface area contributed by atoms with Crippen LogP contribution in [-0.2, 0) is 13.1 Å². The summed E-state index contributed by atoms with van der Waals surface area (Å²) in [5.41, 5.74) is 9.37. The molecule has 0 atom stereocenters. The summed E-state index contributed by atoms with van der Waals surface area (Å²) in [5.74, 6) is 0.757. The number of furan rings is 1. The first-order valence-electron chi connectivity index (χ1n) is 8.92. The third-order valence-electron chi connectivity index (χ3n) is 4.23. The fraction of sp³-hybridized carbons (Fsp3) is 0.250. The van der Waals surface area contributed by atoms with Crippen molar-refractivity contribution in [2.24, 2.45) is 10.7 Å². The molecule has 2 heterocycles. The largest absolute Gasteiger partial charge is 0.454 e. The van der Waals surface area contributed by atoms with Crippen LogP contribution in [0.5, 0.6) is 0 Å². The van der Waals surface area contributed by atoms with E-state index in [1.807, 2.05) is 42.8 Å². The van der Waals surface area contributed by atoms with Crippen molar-refractivity contribution in [3.05, 3.63) is 70.9 Å². The molecule has 3 aromatic rings. The van der Waals surface area contributed by atoms with E-state index in [1.54, 1.807) is 19.2 Å². The van der Waals surface area contributed by atoms with Gasteiger partial charge in [-0.1, -0.05) is 18.2 Å². The minimum Gasteiger partial charge on any atom is -0.454 e. The van der Waals surface area contributed by atoms with Gasteiger partial charge in [0.05, 0.1) is 17.9 Å². The molecule has 1 amide bonds. The number of aryl methyl sites for hydroxylation is 2. The van der Waals surface area contributed by atoms with Crippen molar-refractivity contribution in [3.63, 3.8) is 0 Å². The number of benzene rings is 1. The highest BCUT2D eigenvalue weighted by Crippen LogP contribution is 2.17. The van der Waals surface area contributed by atoms with Gasteiger partial charge in [-0.05, 0) is 43.7 Å². The van der Waals surface area contributed by atoms with Crippen LogP contribution in [0.1, 0.15) is 33.3 Å². The number of carbonyl (C=O) groups excluding carboxylic acids is 1. The van der Waals surface area contributed by atoms with Crippen molar-refractivity contribution in [1.29, 1.82) is 0 Å². The Kier molecular flexibility index (Phi) is 7.82. The maximum Gasteiger partial charge on any atom is 0.284 e. The molecule has 0 unspecified atom stereocenters. The van der Waals surface area contributed by atoms with Gasteiger partial charge in [-0.2, -0.15) is 5.10 Å². The first-order valence-corrected chi connectivity index (χ1v) is 8.92. The Morgan fingerprint density at radius 1 is 1.17 bits per heavy atom. The number of primary amides is 1. The van der Waals surface area contributed by atoms with Crippen molar-refractivity contribution in [2.45, 2.75) is 26.9 Å². The number of para-hydroxylation sites is 1. The number of rotatable bonds is 6. The number of amides is 1. The van der Waals surface area contributed by atoms with Crippen LogP contribution in [0.4, 0.5) is 0 Å². The highest BCUT2D eigenvalue weighted by molar-refractivity contribution is 14.0. The lowest BCUT2D eigenvalue weighted by Crippen LogP contribution is -2.36. The summed E-state index contributed by atoms with van der Waals surface area (Å²) in [6.45, 7) is 4.97. The van der Waals surface area contributed by atoms with Crippen LogP contribution in [0.2, 0.25) is 0 Å². The minimum atomic E-state index is -0.588. The van der Waals surface area contributed by atoms with E-state index in [1.165, 1.54) is 0 Å². The van der Waals surface area contributed by atoms with E-state index in [4.69, 9.17) is 10.2 Å². The molecule has 0 bridgehead atoms. The molecular weight excluding hydrogens is 483 g/mol.